The Kier molecular flexibility index (Phi) is 5.89. The number of benzene rings is 2. The van der Waals surface area contributed by atoms with Gasteiger partial charge in [-0.25, -0.2) is 4.98 Å². The number of rotatable bonds is 2. The SMILES string of the molecule is [2H]C([2H])([2H])c1ccc2c(n1)oc1c(-c3ccccn3)[c-]ccc12.[Ir].[c-]1ccccc1-c1ccccn1. The molecular formula is C28H19IrN3O-2. The Hall–Kier alpha value is -3.66. The first-order valence-corrected chi connectivity index (χ1v) is 10.0. The molecule has 5 heteroatoms. The van der Waals surface area contributed by atoms with E-state index in [0.717, 1.165) is 33.3 Å². The number of fused-ring (bicyclic) bond motifs is 3. The third-order valence-corrected chi connectivity index (χ3v) is 4.87. The molecule has 2 aromatic carbocycles. The van der Waals surface area contributed by atoms with E-state index in [2.05, 4.69) is 27.1 Å². The van der Waals surface area contributed by atoms with Crippen molar-refractivity contribution >= 4 is 22.1 Å². The van der Waals surface area contributed by atoms with Crippen LogP contribution in [0.3, 0.4) is 0 Å². The maximum atomic E-state index is 7.47. The van der Waals surface area contributed by atoms with E-state index in [1.807, 2.05) is 66.7 Å². The van der Waals surface area contributed by atoms with Gasteiger partial charge in [0.05, 0.1) is 5.58 Å². The molecule has 0 saturated heterocycles. The Balaban J connectivity index is 0.000000198. The largest absolute Gasteiger partial charge is 0.486 e. The van der Waals surface area contributed by atoms with Gasteiger partial charge < -0.3 is 14.4 Å². The first kappa shape index (κ1) is 18.9. The van der Waals surface area contributed by atoms with Crippen molar-refractivity contribution in [2.45, 2.75) is 6.85 Å². The van der Waals surface area contributed by atoms with E-state index in [4.69, 9.17) is 8.53 Å². The van der Waals surface area contributed by atoms with E-state index in [1.54, 1.807) is 24.5 Å². The van der Waals surface area contributed by atoms with Crippen molar-refractivity contribution < 1.29 is 28.6 Å². The summed E-state index contributed by atoms with van der Waals surface area (Å²) in [7, 11) is 0. The van der Waals surface area contributed by atoms with Crippen LogP contribution in [0.15, 0.2) is 102 Å². The fourth-order valence-corrected chi connectivity index (χ4v) is 3.40. The summed E-state index contributed by atoms with van der Waals surface area (Å²) in [6.45, 7) is -2.26. The van der Waals surface area contributed by atoms with Crippen LogP contribution in [-0.2, 0) is 20.1 Å². The maximum absolute atomic E-state index is 7.47. The predicted molar refractivity (Wildman–Crippen MR) is 127 cm³/mol. The molecule has 0 N–H and O–H groups in total. The molecule has 0 fully saturated rings. The second kappa shape index (κ2) is 10.3. The number of pyridine rings is 3. The van der Waals surface area contributed by atoms with Crippen LogP contribution < -0.4 is 0 Å². The number of furan rings is 1. The van der Waals surface area contributed by atoms with E-state index in [-0.39, 0.29) is 25.8 Å². The Labute approximate surface area is 209 Å². The fourth-order valence-electron chi connectivity index (χ4n) is 3.40. The molecule has 163 valence electrons. The van der Waals surface area contributed by atoms with E-state index >= 15 is 0 Å². The van der Waals surface area contributed by atoms with Crippen molar-refractivity contribution in [3.8, 4) is 22.5 Å². The van der Waals surface area contributed by atoms with E-state index in [0.29, 0.717) is 11.3 Å². The maximum Gasteiger partial charge on any atom is 0.216 e. The van der Waals surface area contributed by atoms with Gasteiger partial charge >= 0.3 is 0 Å². The van der Waals surface area contributed by atoms with Crippen LogP contribution >= 0.6 is 0 Å². The van der Waals surface area contributed by atoms with Gasteiger partial charge in [0, 0.05) is 47.7 Å². The van der Waals surface area contributed by atoms with Crippen molar-refractivity contribution in [3.05, 3.63) is 115 Å². The van der Waals surface area contributed by atoms with Crippen LogP contribution in [0.2, 0.25) is 0 Å². The number of aromatic nitrogens is 3. The summed E-state index contributed by atoms with van der Waals surface area (Å²) in [5.74, 6) is 0. The third-order valence-electron chi connectivity index (χ3n) is 4.87. The molecule has 4 aromatic heterocycles. The Bertz CT molecular complexity index is 1530. The van der Waals surface area contributed by atoms with Crippen LogP contribution in [-0.4, -0.2) is 15.0 Å². The second-order valence-corrected chi connectivity index (χ2v) is 6.95. The molecule has 1 radical (unpaired) electrons. The zero-order chi connectivity index (χ0) is 24.3. The number of aryl methyl sites for hydroxylation is 1. The summed E-state index contributed by atoms with van der Waals surface area (Å²) in [6.07, 6.45) is 3.49. The number of hydrogen-bond acceptors (Lipinski definition) is 4. The van der Waals surface area contributed by atoms with Crippen LogP contribution in [0.5, 0.6) is 0 Å². The molecule has 33 heavy (non-hydrogen) atoms. The number of hydrogen-bond donors (Lipinski definition) is 0. The molecular weight excluding hydrogens is 587 g/mol. The van der Waals surface area contributed by atoms with Crippen molar-refractivity contribution in [1.29, 1.82) is 0 Å². The zero-order valence-corrected chi connectivity index (χ0v) is 19.7. The topological polar surface area (TPSA) is 51.8 Å². The van der Waals surface area contributed by atoms with Gasteiger partial charge in [-0.3, -0.25) is 0 Å². The van der Waals surface area contributed by atoms with Crippen LogP contribution in [0, 0.1) is 19.0 Å². The van der Waals surface area contributed by atoms with Gasteiger partial charge in [-0.1, -0.05) is 35.2 Å². The quantitative estimate of drug-likeness (QED) is 0.206. The molecule has 6 rings (SSSR count). The molecule has 4 heterocycles. The minimum absolute atomic E-state index is 0. The van der Waals surface area contributed by atoms with Crippen molar-refractivity contribution in [2.24, 2.45) is 0 Å². The summed E-state index contributed by atoms with van der Waals surface area (Å²) in [6, 6.07) is 32.5. The monoisotopic (exact) mass is 609 g/mol. The molecule has 0 spiro atoms. The minimum atomic E-state index is -2.26. The molecule has 0 aliphatic carbocycles. The Morgan fingerprint density at radius 2 is 1.55 bits per heavy atom. The molecule has 0 saturated carbocycles. The average Bonchev–Trinajstić information content (AvgIpc) is 3.28. The van der Waals surface area contributed by atoms with Crippen molar-refractivity contribution in [3.63, 3.8) is 0 Å². The van der Waals surface area contributed by atoms with Gasteiger partial charge in [-0.15, -0.1) is 54.1 Å². The summed E-state index contributed by atoms with van der Waals surface area (Å²) in [5, 5.41) is 1.64. The summed E-state index contributed by atoms with van der Waals surface area (Å²) < 4.78 is 28.3. The van der Waals surface area contributed by atoms with Gasteiger partial charge in [0.15, 0.2) is 0 Å². The fraction of sp³-hybridized carbons (Fsp3) is 0.0357. The molecule has 0 bridgehead atoms. The van der Waals surface area contributed by atoms with E-state index in [1.165, 1.54) is 6.07 Å². The Morgan fingerprint density at radius 1 is 0.758 bits per heavy atom. The smallest absolute Gasteiger partial charge is 0.216 e. The molecule has 0 amide bonds. The van der Waals surface area contributed by atoms with E-state index in [9.17, 15) is 0 Å². The standard InChI is InChI=1S/C17H11N2O.C11H8N.Ir/c1-11-8-9-13-12-5-4-6-14(15-7-2-3-10-18-15)16(12)20-17(13)19-11;1-2-6-10(7-3-1)11-8-4-5-9-12-11;/h2-5,7-10H,1H3;1-6,8-9H;/q2*-1;/i1D3;;. The minimum Gasteiger partial charge on any atom is -0.486 e. The van der Waals surface area contributed by atoms with Crippen LogP contribution in [0.4, 0.5) is 0 Å². The van der Waals surface area contributed by atoms with Crippen LogP contribution in [0.25, 0.3) is 44.6 Å². The van der Waals surface area contributed by atoms with Gasteiger partial charge in [-0.2, -0.15) is 0 Å². The molecule has 4 nitrogen and oxygen atoms in total. The normalized spacial score (nSPS) is 12.1. The zero-order valence-electron chi connectivity index (χ0n) is 20.3. The second-order valence-electron chi connectivity index (χ2n) is 6.95. The van der Waals surface area contributed by atoms with Gasteiger partial charge in [-0.05, 0) is 42.5 Å². The summed E-state index contributed by atoms with van der Waals surface area (Å²) >= 11 is 0. The van der Waals surface area contributed by atoms with Gasteiger partial charge in [0.25, 0.3) is 0 Å². The Morgan fingerprint density at radius 3 is 2.24 bits per heavy atom. The first-order valence-electron chi connectivity index (χ1n) is 11.5. The van der Waals surface area contributed by atoms with Crippen molar-refractivity contribution in [1.82, 2.24) is 15.0 Å². The molecule has 0 aliphatic heterocycles. The van der Waals surface area contributed by atoms with Gasteiger partial charge in [0.2, 0.25) is 5.71 Å². The molecule has 0 aliphatic rings. The van der Waals surface area contributed by atoms with E-state index < -0.39 is 6.85 Å². The summed E-state index contributed by atoms with van der Waals surface area (Å²) in [5.41, 5.74) is 4.43. The van der Waals surface area contributed by atoms with Crippen LogP contribution in [0.1, 0.15) is 9.81 Å². The third kappa shape index (κ3) is 4.90. The average molecular weight is 609 g/mol. The molecule has 0 unspecified atom stereocenters. The predicted octanol–water partition coefficient (Wildman–Crippen LogP) is 6.70. The van der Waals surface area contributed by atoms with Crippen molar-refractivity contribution in [2.75, 3.05) is 0 Å². The molecule has 0 atom stereocenters. The number of nitrogens with zero attached hydrogens (tertiary/aromatic N) is 3. The first-order chi connectivity index (χ1) is 17.0. The van der Waals surface area contributed by atoms with Gasteiger partial charge in [0.1, 0.15) is 0 Å². The summed E-state index contributed by atoms with van der Waals surface area (Å²) in [4.78, 5) is 12.7. The molecule has 6 aromatic rings.